The van der Waals surface area contributed by atoms with E-state index in [0.717, 1.165) is 25.7 Å². The molecule has 0 heterocycles. The highest BCUT2D eigenvalue weighted by atomic mass is 16.5. The van der Waals surface area contributed by atoms with Crippen molar-refractivity contribution in [3.05, 3.63) is 12.2 Å². The average Bonchev–Trinajstić information content (AvgIpc) is 2.36. The van der Waals surface area contributed by atoms with Gasteiger partial charge in [0.15, 0.2) is 0 Å². The van der Waals surface area contributed by atoms with Crippen molar-refractivity contribution in [2.45, 2.75) is 84.7 Å². The van der Waals surface area contributed by atoms with E-state index in [1.807, 2.05) is 13.8 Å². The second-order valence-corrected chi connectivity index (χ2v) is 4.92. The van der Waals surface area contributed by atoms with Gasteiger partial charge in [-0.15, -0.1) is 0 Å². The molecule has 106 valence electrons. The van der Waals surface area contributed by atoms with Crippen LogP contribution in [0.4, 0.5) is 0 Å². The molecule has 0 aromatic heterocycles. The third kappa shape index (κ3) is 11.7. The summed E-state index contributed by atoms with van der Waals surface area (Å²) in [4.78, 5) is 11.4. The first-order chi connectivity index (χ1) is 8.70. The van der Waals surface area contributed by atoms with Gasteiger partial charge in [0.1, 0.15) is 0 Å². The Balaban J connectivity index is 3.29. The number of carbonyl (C=O) groups is 1. The van der Waals surface area contributed by atoms with E-state index in [4.69, 9.17) is 4.74 Å². The van der Waals surface area contributed by atoms with Gasteiger partial charge in [-0.1, -0.05) is 45.3 Å². The molecule has 0 saturated carbocycles. The summed E-state index contributed by atoms with van der Waals surface area (Å²) < 4.78 is 5.22. The predicted molar refractivity (Wildman–Crippen MR) is 77.6 cm³/mol. The van der Waals surface area contributed by atoms with Crippen molar-refractivity contribution in [2.75, 3.05) is 0 Å². The fraction of sp³-hybridized carbons (Fsp3) is 0.812. The van der Waals surface area contributed by atoms with Crippen LogP contribution in [0.1, 0.15) is 78.6 Å². The molecule has 0 radical (unpaired) electrons. The molecular formula is C16H30O2. The van der Waals surface area contributed by atoms with Crippen LogP contribution in [-0.2, 0) is 9.53 Å². The Labute approximate surface area is 113 Å². The number of rotatable bonds is 11. The summed E-state index contributed by atoms with van der Waals surface area (Å²) in [5.74, 6) is -0.0390. The van der Waals surface area contributed by atoms with Gasteiger partial charge in [0.05, 0.1) is 6.10 Å². The molecule has 2 nitrogen and oxygen atoms in total. The summed E-state index contributed by atoms with van der Waals surface area (Å²) >= 11 is 0. The molecule has 0 aromatic carbocycles. The quantitative estimate of drug-likeness (QED) is 0.294. The number of unbranched alkanes of at least 4 members (excludes halogenated alkanes) is 5. The van der Waals surface area contributed by atoms with E-state index < -0.39 is 0 Å². The third-order valence-corrected chi connectivity index (χ3v) is 3.05. The number of esters is 1. The summed E-state index contributed by atoms with van der Waals surface area (Å²) in [7, 11) is 0. The van der Waals surface area contributed by atoms with E-state index in [-0.39, 0.29) is 12.1 Å². The number of ether oxygens (including phenoxy) is 1. The molecule has 0 aliphatic heterocycles. The second-order valence-electron chi connectivity index (χ2n) is 4.92. The molecule has 0 saturated heterocycles. The number of carbonyl (C=O) groups excluding carboxylic acids is 1. The fourth-order valence-electron chi connectivity index (χ4n) is 1.63. The standard InChI is InChI=1S/C16H30O2/c1-4-6-7-8-9-10-11-12-13-14-16(17)18-15(3)5-2/h8-9,15H,4-7,10-14H2,1-3H3/b9-8-/t15-/m0/s1. The first-order valence-electron chi connectivity index (χ1n) is 7.55. The molecule has 1 atom stereocenters. The average molecular weight is 254 g/mol. The fourth-order valence-corrected chi connectivity index (χ4v) is 1.63. The molecule has 0 fully saturated rings. The predicted octanol–water partition coefficient (Wildman–Crippen LogP) is 5.03. The van der Waals surface area contributed by atoms with Gasteiger partial charge in [0.2, 0.25) is 0 Å². The summed E-state index contributed by atoms with van der Waals surface area (Å²) in [6.45, 7) is 6.19. The highest BCUT2D eigenvalue weighted by Crippen LogP contribution is 2.07. The van der Waals surface area contributed by atoms with Crippen LogP contribution in [0.3, 0.4) is 0 Å². The molecule has 0 amide bonds. The summed E-state index contributed by atoms with van der Waals surface area (Å²) in [5, 5.41) is 0. The molecule has 0 unspecified atom stereocenters. The largest absolute Gasteiger partial charge is 0.463 e. The highest BCUT2D eigenvalue weighted by Gasteiger charge is 2.06. The van der Waals surface area contributed by atoms with E-state index in [1.54, 1.807) is 0 Å². The van der Waals surface area contributed by atoms with Gasteiger partial charge in [-0.05, 0) is 39.0 Å². The minimum absolute atomic E-state index is 0.0390. The van der Waals surface area contributed by atoms with E-state index in [9.17, 15) is 4.79 Å². The molecular weight excluding hydrogens is 224 g/mol. The van der Waals surface area contributed by atoms with Crippen molar-refractivity contribution in [2.24, 2.45) is 0 Å². The van der Waals surface area contributed by atoms with Gasteiger partial charge < -0.3 is 4.74 Å². The Morgan fingerprint density at radius 1 is 1.06 bits per heavy atom. The lowest BCUT2D eigenvalue weighted by Crippen LogP contribution is -2.13. The van der Waals surface area contributed by atoms with E-state index in [0.29, 0.717) is 6.42 Å². The molecule has 0 N–H and O–H groups in total. The van der Waals surface area contributed by atoms with E-state index >= 15 is 0 Å². The Bertz CT molecular complexity index is 221. The molecule has 0 aliphatic rings. The zero-order valence-electron chi connectivity index (χ0n) is 12.4. The molecule has 2 heteroatoms. The maximum Gasteiger partial charge on any atom is 0.306 e. The normalized spacial score (nSPS) is 12.8. The lowest BCUT2D eigenvalue weighted by molar-refractivity contribution is -0.148. The van der Waals surface area contributed by atoms with Gasteiger partial charge in [0.25, 0.3) is 0 Å². The minimum atomic E-state index is -0.0390. The van der Waals surface area contributed by atoms with Gasteiger partial charge in [0, 0.05) is 6.42 Å². The first kappa shape index (κ1) is 17.2. The van der Waals surface area contributed by atoms with Crippen LogP contribution < -0.4 is 0 Å². The maximum absolute atomic E-state index is 11.4. The van der Waals surface area contributed by atoms with Crippen molar-refractivity contribution in [1.82, 2.24) is 0 Å². The molecule has 0 spiro atoms. The molecule has 0 rings (SSSR count). The number of allylic oxidation sites excluding steroid dienone is 2. The van der Waals surface area contributed by atoms with Crippen LogP contribution in [0, 0.1) is 0 Å². The van der Waals surface area contributed by atoms with Crippen molar-refractivity contribution in [3.63, 3.8) is 0 Å². The lowest BCUT2D eigenvalue weighted by Gasteiger charge is -2.10. The first-order valence-corrected chi connectivity index (χ1v) is 7.55. The number of hydrogen-bond acceptors (Lipinski definition) is 2. The number of hydrogen-bond donors (Lipinski definition) is 0. The zero-order valence-corrected chi connectivity index (χ0v) is 12.4. The van der Waals surface area contributed by atoms with Crippen molar-refractivity contribution >= 4 is 5.97 Å². The van der Waals surface area contributed by atoms with Crippen LogP contribution in [0.5, 0.6) is 0 Å². The van der Waals surface area contributed by atoms with E-state index in [2.05, 4.69) is 19.1 Å². The summed E-state index contributed by atoms with van der Waals surface area (Å²) in [6, 6.07) is 0. The van der Waals surface area contributed by atoms with Crippen LogP contribution in [0.15, 0.2) is 12.2 Å². The zero-order chi connectivity index (χ0) is 13.6. The Hall–Kier alpha value is -0.790. The Kier molecular flexibility index (Phi) is 12.1. The molecule has 18 heavy (non-hydrogen) atoms. The SMILES string of the molecule is CCCC/C=C\CCCCCC(=O)O[C@@H](C)CC. The van der Waals surface area contributed by atoms with E-state index in [1.165, 1.54) is 25.7 Å². The van der Waals surface area contributed by atoms with Gasteiger partial charge >= 0.3 is 5.97 Å². The lowest BCUT2D eigenvalue weighted by atomic mass is 10.1. The molecule has 0 bridgehead atoms. The minimum Gasteiger partial charge on any atom is -0.463 e. The molecule has 0 aromatic rings. The third-order valence-electron chi connectivity index (χ3n) is 3.05. The van der Waals surface area contributed by atoms with Gasteiger partial charge in [-0.3, -0.25) is 4.79 Å². The monoisotopic (exact) mass is 254 g/mol. The second kappa shape index (κ2) is 12.7. The van der Waals surface area contributed by atoms with Crippen molar-refractivity contribution in [1.29, 1.82) is 0 Å². The van der Waals surface area contributed by atoms with Crippen LogP contribution >= 0.6 is 0 Å². The molecule has 0 aliphatic carbocycles. The topological polar surface area (TPSA) is 26.3 Å². The Morgan fingerprint density at radius 2 is 1.72 bits per heavy atom. The smallest absolute Gasteiger partial charge is 0.306 e. The van der Waals surface area contributed by atoms with Crippen molar-refractivity contribution in [3.8, 4) is 0 Å². The van der Waals surface area contributed by atoms with Crippen LogP contribution in [0.25, 0.3) is 0 Å². The van der Waals surface area contributed by atoms with Gasteiger partial charge in [-0.25, -0.2) is 0 Å². The van der Waals surface area contributed by atoms with Crippen molar-refractivity contribution < 1.29 is 9.53 Å². The van der Waals surface area contributed by atoms with Crippen LogP contribution in [-0.4, -0.2) is 12.1 Å². The van der Waals surface area contributed by atoms with Gasteiger partial charge in [-0.2, -0.15) is 0 Å². The van der Waals surface area contributed by atoms with Crippen LogP contribution in [0.2, 0.25) is 0 Å². The Morgan fingerprint density at radius 3 is 2.33 bits per heavy atom. The maximum atomic E-state index is 11.4. The highest BCUT2D eigenvalue weighted by molar-refractivity contribution is 5.69. The summed E-state index contributed by atoms with van der Waals surface area (Å²) in [5.41, 5.74) is 0. The summed E-state index contributed by atoms with van der Waals surface area (Å²) in [6.07, 6.45) is 14.2.